The maximum absolute atomic E-state index is 12.3. The van der Waals surface area contributed by atoms with Gasteiger partial charge in [-0.15, -0.1) is 0 Å². The SMILES string of the molecule is COCC(NC(C)=O)C(=O)NC(COC)C(=O)NCc1ccccc1. The second-order valence-electron chi connectivity index (χ2n) is 5.43. The molecule has 138 valence electrons. The fourth-order valence-corrected chi connectivity index (χ4v) is 2.13. The Morgan fingerprint density at radius 3 is 2.00 bits per heavy atom. The molecule has 1 aromatic carbocycles. The molecule has 3 amide bonds. The lowest BCUT2D eigenvalue weighted by molar-refractivity contribution is -0.133. The highest BCUT2D eigenvalue weighted by Crippen LogP contribution is 1.98. The predicted molar refractivity (Wildman–Crippen MR) is 91.6 cm³/mol. The normalized spacial score (nSPS) is 12.8. The second kappa shape index (κ2) is 11.2. The monoisotopic (exact) mass is 351 g/mol. The quantitative estimate of drug-likeness (QED) is 0.531. The summed E-state index contributed by atoms with van der Waals surface area (Å²) in [6.45, 7) is 1.64. The number of carbonyl (C=O) groups is 3. The third kappa shape index (κ3) is 7.77. The van der Waals surface area contributed by atoms with Crippen LogP contribution in [0.25, 0.3) is 0 Å². The number of carbonyl (C=O) groups excluding carboxylic acids is 3. The van der Waals surface area contributed by atoms with Crippen LogP contribution in [0, 0.1) is 0 Å². The predicted octanol–water partition coefficient (Wildman–Crippen LogP) is -0.415. The Kier molecular flexibility index (Phi) is 9.20. The average molecular weight is 351 g/mol. The Morgan fingerprint density at radius 1 is 0.920 bits per heavy atom. The molecule has 0 aromatic heterocycles. The molecule has 0 fully saturated rings. The summed E-state index contributed by atoms with van der Waals surface area (Å²) in [5, 5.41) is 7.80. The van der Waals surface area contributed by atoms with Crippen molar-refractivity contribution in [3.05, 3.63) is 35.9 Å². The van der Waals surface area contributed by atoms with Crippen molar-refractivity contribution in [2.75, 3.05) is 27.4 Å². The van der Waals surface area contributed by atoms with Crippen LogP contribution in [0.3, 0.4) is 0 Å². The minimum atomic E-state index is -0.885. The number of nitrogens with one attached hydrogen (secondary N) is 3. The van der Waals surface area contributed by atoms with Gasteiger partial charge in [-0.2, -0.15) is 0 Å². The summed E-state index contributed by atoms with van der Waals surface area (Å²) in [6.07, 6.45) is 0. The second-order valence-corrected chi connectivity index (χ2v) is 5.43. The van der Waals surface area contributed by atoms with Crippen molar-refractivity contribution in [1.82, 2.24) is 16.0 Å². The van der Waals surface area contributed by atoms with Crippen molar-refractivity contribution in [1.29, 1.82) is 0 Å². The highest BCUT2D eigenvalue weighted by atomic mass is 16.5. The van der Waals surface area contributed by atoms with Crippen LogP contribution in [0.5, 0.6) is 0 Å². The van der Waals surface area contributed by atoms with Gasteiger partial charge >= 0.3 is 0 Å². The van der Waals surface area contributed by atoms with Crippen molar-refractivity contribution in [3.8, 4) is 0 Å². The molecule has 0 aliphatic carbocycles. The Bertz CT molecular complexity index is 565. The molecule has 2 unspecified atom stereocenters. The van der Waals surface area contributed by atoms with Crippen molar-refractivity contribution >= 4 is 17.7 Å². The number of rotatable bonds is 10. The highest BCUT2D eigenvalue weighted by Gasteiger charge is 2.26. The molecule has 0 heterocycles. The maximum atomic E-state index is 12.3. The molecule has 0 bridgehead atoms. The van der Waals surface area contributed by atoms with Crippen molar-refractivity contribution in [3.63, 3.8) is 0 Å². The summed E-state index contributed by atoms with van der Waals surface area (Å²) in [5.41, 5.74) is 0.939. The lowest BCUT2D eigenvalue weighted by Gasteiger charge is -2.22. The lowest BCUT2D eigenvalue weighted by atomic mass is 10.2. The van der Waals surface area contributed by atoms with Gasteiger partial charge in [0.05, 0.1) is 13.2 Å². The Balaban J connectivity index is 2.65. The fourth-order valence-electron chi connectivity index (χ4n) is 2.13. The molecule has 3 N–H and O–H groups in total. The average Bonchev–Trinajstić information content (AvgIpc) is 2.59. The van der Waals surface area contributed by atoms with Gasteiger partial charge in [0.2, 0.25) is 17.7 Å². The van der Waals surface area contributed by atoms with E-state index in [-0.39, 0.29) is 25.0 Å². The number of benzene rings is 1. The summed E-state index contributed by atoms with van der Waals surface area (Å²) in [6, 6.07) is 7.64. The Morgan fingerprint density at radius 2 is 1.48 bits per heavy atom. The van der Waals surface area contributed by atoms with Crippen LogP contribution in [0.15, 0.2) is 30.3 Å². The molecule has 1 rings (SSSR count). The third-order valence-corrected chi connectivity index (χ3v) is 3.30. The molecule has 8 nitrogen and oxygen atoms in total. The van der Waals surface area contributed by atoms with Crippen LogP contribution in [0.1, 0.15) is 12.5 Å². The molecule has 25 heavy (non-hydrogen) atoms. The van der Waals surface area contributed by atoms with Crippen molar-refractivity contribution in [2.24, 2.45) is 0 Å². The first kappa shape index (κ1) is 20.6. The minimum Gasteiger partial charge on any atom is -0.382 e. The Hall–Kier alpha value is -2.45. The largest absolute Gasteiger partial charge is 0.382 e. The van der Waals surface area contributed by atoms with Gasteiger partial charge in [-0.05, 0) is 5.56 Å². The molecular weight excluding hydrogens is 326 g/mol. The van der Waals surface area contributed by atoms with Gasteiger partial charge in [-0.3, -0.25) is 14.4 Å². The molecule has 0 saturated carbocycles. The van der Waals surface area contributed by atoms with E-state index in [0.717, 1.165) is 5.56 Å². The Labute approximate surface area is 147 Å². The summed E-state index contributed by atoms with van der Waals surface area (Å²) < 4.78 is 9.93. The van der Waals surface area contributed by atoms with Crippen molar-refractivity contribution < 1.29 is 23.9 Å². The first-order valence-corrected chi connectivity index (χ1v) is 7.85. The number of hydrogen-bond acceptors (Lipinski definition) is 5. The van der Waals surface area contributed by atoms with Crippen LogP contribution < -0.4 is 16.0 Å². The molecule has 1 aromatic rings. The molecule has 0 radical (unpaired) electrons. The molecule has 0 aliphatic heterocycles. The first-order chi connectivity index (χ1) is 12.0. The van der Waals surface area contributed by atoms with Crippen LogP contribution >= 0.6 is 0 Å². The zero-order valence-electron chi connectivity index (χ0n) is 14.7. The number of methoxy groups -OCH3 is 2. The van der Waals surface area contributed by atoms with Crippen LogP contribution in [0.4, 0.5) is 0 Å². The summed E-state index contributed by atoms with van der Waals surface area (Å²) in [5.74, 6) is -1.26. The summed E-state index contributed by atoms with van der Waals surface area (Å²) in [7, 11) is 2.85. The van der Waals surface area contributed by atoms with E-state index in [1.54, 1.807) is 0 Å². The molecule has 2 atom stereocenters. The topological polar surface area (TPSA) is 106 Å². The maximum Gasteiger partial charge on any atom is 0.245 e. The summed E-state index contributed by atoms with van der Waals surface area (Å²) in [4.78, 5) is 35.8. The van der Waals surface area contributed by atoms with Gasteiger partial charge < -0.3 is 25.4 Å². The smallest absolute Gasteiger partial charge is 0.245 e. The third-order valence-electron chi connectivity index (χ3n) is 3.30. The minimum absolute atomic E-state index is 0.00322. The number of hydrogen-bond donors (Lipinski definition) is 3. The van der Waals surface area contributed by atoms with Crippen LogP contribution in [-0.2, 0) is 30.4 Å². The van der Waals surface area contributed by atoms with Gasteiger partial charge in [0.15, 0.2) is 0 Å². The highest BCUT2D eigenvalue weighted by molar-refractivity contribution is 5.91. The van der Waals surface area contributed by atoms with Crippen molar-refractivity contribution in [2.45, 2.75) is 25.6 Å². The number of amides is 3. The van der Waals surface area contributed by atoms with E-state index in [1.165, 1.54) is 21.1 Å². The fraction of sp³-hybridized carbons (Fsp3) is 0.471. The van der Waals surface area contributed by atoms with E-state index in [2.05, 4.69) is 16.0 Å². The van der Waals surface area contributed by atoms with E-state index in [4.69, 9.17) is 9.47 Å². The van der Waals surface area contributed by atoms with E-state index < -0.39 is 18.0 Å². The van der Waals surface area contributed by atoms with Gasteiger partial charge in [-0.1, -0.05) is 30.3 Å². The zero-order chi connectivity index (χ0) is 18.7. The lowest BCUT2D eigenvalue weighted by Crippen LogP contribution is -2.56. The van der Waals surface area contributed by atoms with Gasteiger partial charge in [0, 0.05) is 27.7 Å². The van der Waals surface area contributed by atoms with Crippen LogP contribution in [0.2, 0.25) is 0 Å². The van der Waals surface area contributed by atoms with E-state index in [9.17, 15) is 14.4 Å². The number of ether oxygens (including phenoxy) is 2. The molecule has 0 spiro atoms. The molecular formula is C17H25N3O5. The zero-order valence-corrected chi connectivity index (χ0v) is 14.7. The van der Waals surface area contributed by atoms with Crippen LogP contribution in [-0.4, -0.2) is 57.2 Å². The molecule has 0 saturated heterocycles. The van der Waals surface area contributed by atoms with E-state index >= 15 is 0 Å². The van der Waals surface area contributed by atoms with Gasteiger partial charge in [-0.25, -0.2) is 0 Å². The molecule has 8 heteroatoms. The standard InChI is InChI=1S/C17H25N3O5/c1-12(21)19-15(11-25-3)17(23)20-14(10-24-2)16(22)18-9-13-7-5-4-6-8-13/h4-8,14-15H,9-11H2,1-3H3,(H,18,22)(H,19,21)(H,20,23). The molecule has 0 aliphatic rings. The van der Waals surface area contributed by atoms with E-state index in [0.29, 0.717) is 6.54 Å². The van der Waals surface area contributed by atoms with Gasteiger partial charge in [0.25, 0.3) is 0 Å². The van der Waals surface area contributed by atoms with E-state index in [1.807, 2.05) is 30.3 Å². The first-order valence-electron chi connectivity index (χ1n) is 7.85. The summed E-state index contributed by atoms with van der Waals surface area (Å²) >= 11 is 0. The van der Waals surface area contributed by atoms with Gasteiger partial charge in [0.1, 0.15) is 12.1 Å².